The van der Waals surface area contributed by atoms with Gasteiger partial charge in [0.15, 0.2) is 6.29 Å². The van der Waals surface area contributed by atoms with Crippen LogP contribution in [0.15, 0.2) is 12.1 Å². The number of nitrogens with zero attached hydrogens (tertiary/aromatic N) is 2. The van der Waals surface area contributed by atoms with Gasteiger partial charge in [0.25, 0.3) is 10.9 Å². The lowest BCUT2D eigenvalue weighted by atomic mass is 10.0. The molecular formula is C9H3ClN2O4. The fourth-order valence-corrected chi connectivity index (χ4v) is 1.33. The number of nitro groups is 1. The molecule has 7 heteroatoms. The minimum atomic E-state index is -0.949. The Labute approximate surface area is 94.2 Å². The van der Waals surface area contributed by atoms with E-state index in [9.17, 15) is 19.7 Å². The fraction of sp³-hybridized carbons (Fsp3) is 0. The first kappa shape index (κ1) is 11.8. The van der Waals surface area contributed by atoms with Gasteiger partial charge in [-0.15, -0.1) is 0 Å². The van der Waals surface area contributed by atoms with E-state index < -0.39 is 21.4 Å². The van der Waals surface area contributed by atoms with Crippen LogP contribution in [0.3, 0.4) is 0 Å². The lowest BCUT2D eigenvalue weighted by Gasteiger charge is -2.01. The first-order valence-electron chi connectivity index (χ1n) is 3.89. The first-order chi connectivity index (χ1) is 7.52. The van der Waals surface area contributed by atoms with Crippen molar-refractivity contribution in [3.8, 4) is 6.07 Å². The molecule has 0 bridgehead atoms. The number of rotatable bonds is 3. The van der Waals surface area contributed by atoms with Crippen LogP contribution in [-0.2, 0) is 0 Å². The average Bonchev–Trinajstić information content (AvgIpc) is 2.26. The maximum Gasteiger partial charge on any atom is 0.281 e. The predicted molar refractivity (Wildman–Crippen MR) is 53.4 cm³/mol. The van der Waals surface area contributed by atoms with Gasteiger partial charge in [-0.25, -0.2) is 0 Å². The summed E-state index contributed by atoms with van der Waals surface area (Å²) >= 11 is 5.17. The lowest BCUT2D eigenvalue weighted by Crippen LogP contribution is -2.03. The van der Waals surface area contributed by atoms with E-state index in [1.807, 2.05) is 0 Å². The molecule has 0 aliphatic carbocycles. The smallest absolute Gasteiger partial charge is 0.281 e. The molecule has 1 aromatic carbocycles. The highest BCUT2D eigenvalue weighted by molar-refractivity contribution is 6.68. The van der Waals surface area contributed by atoms with Crippen LogP contribution in [0.25, 0.3) is 0 Å². The first-order valence-corrected chi connectivity index (χ1v) is 4.27. The summed E-state index contributed by atoms with van der Waals surface area (Å²) in [6.45, 7) is 0. The van der Waals surface area contributed by atoms with Crippen LogP contribution in [0.5, 0.6) is 0 Å². The third-order valence-electron chi connectivity index (χ3n) is 1.86. The molecule has 0 aliphatic heterocycles. The molecule has 0 radical (unpaired) electrons. The molecule has 1 rings (SSSR count). The highest BCUT2D eigenvalue weighted by Crippen LogP contribution is 2.24. The number of benzene rings is 1. The van der Waals surface area contributed by atoms with Crippen LogP contribution >= 0.6 is 11.6 Å². The third kappa shape index (κ3) is 1.89. The van der Waals surface area contributed by atoms with E-state index in [0.717, 1.165) is 12.1 Å². The summed E-state index contributed by atoms with van der Waals surface area (Å²) in [5, 5.41) is 18.3. The molecule has 0 spiro atoms. The highest BCUT2D eigenvalue weighted by atomic mass is 35.5. The van der Waals surface area contributed by atoms with E-state index in [4.69, 9.17) is 16.9 Å². The van der Waals surface area contributed by atoms with Crippen molar-refractivity contribution in [1.29, 1.82) is 5.26 Å². The second-order valence-corrected chi connectivity index (χ2v) is 3.02. The Balaban J connectivity index is 3.67. The molecule has 0 atom stereocenters. The van der Waals surface area contributed by atoms with Crippen molar-refractivity contribution in [3.63, 3.8) is 0 Å². The molecule has 0 unspecified atom stereocenters. The topological polar surface area (TPSA) is 101 Å². The van der Waals surface area contributed by atoms with E-state index >= 15 is 0 Å². The summed E-state index contributed by atoms with van der Waals surface area (Å²) in [6.07, 6.45) is 0.153. The zero-order valence-electron chi connectivity index (χ0n) is 7.64. The summed E-state index contributed by atoms with van der Waals surface area (Å²) in [6, 6.07) is 3.55. The zero-order chi connectivity index (χ0) is 12.3. The number of carbonyl (C=O) groups excluding carboxylic acids is 2. The molecular weight excluding hydrogens is 236 g/mol. The lowest BCUT2D eigenvalue weighted by molar-refractivity contribution is -0.385. The third-order valence-corrected chi connectivity index (χ3v) is 2.06. The Bertz CT molecular complexity index is 533. The standard InChI is InChI=1S/C9H3ClN2O4/c10-9(14)5-1-2-8(12(15)16)7(4-13)6(5)3-11/h1-2,4H. The summed E-state index contributed by atoms with van der Waals surface area (Å²) in [7, 11) is 0. The SMILES string of the molecule is N#Cc1c(C(=O)Cl)ccc([N+](=O)[O-])c1C=O. The van der Waals surface area contributed by atoms with Gasteiger partial charge in [-0.2, -0.15) is 5.26 Å². The maximum atomic E-state index is 10.9. The molecule has 0 aromatic heterocycles. The highest BCUT2D eigenvalue weighted by Gasteiger charge is 2.22. The number of carbonyl (C=O) groups is 2. The minimum absolute atomic E-state index is 0.153. The van der Waals surface area contributed by atoms with Crippen molar-refractivity contribution >= 4 is 28.8 Å². The number of hydrogen-bond donors (Lipinski definition) is 0. The molecule has 0 fully saturated rings. The summed E-state index contributed by atoms with van der Waals surface area (Å²) < 4.78 is 0. The van der Waals surface area contributed by atoms with E-state index in [1.54, 1.807) is 6.07 Å². The Hall–Kier alpha value is -2.26. The van der Waals surface area contributed by atoms with E-state index in [0.29, 0.717) is 0 Å². The molecule has 0 N–H and O–H groups in total. The monoisotopic (exact) mass is 238 g/mol. The van der Waals surface area contributed by atoms with Crippen molar-refractivity contribution in [2.45, 2.75) is 0 Å². The largest absolute Gasteiger partial charge is 0.298 e. The number of hydrogen-bond acceptors (Lipinski definition) is 5. The summed E-state index contributed by atoms with van der Waals surface area (Å²) in [5.74, 6) is 0. The van der Waals surface area contributed by atoms with Gasteiger partial charge in [0.05, 0.1) is 16.1 Å². The fourth-order valence-electron chi connectivity index (χ4n) is 1.17. The average molecular weight is 239 g/mol. The van der Waals surface area contributed by atoms with Crippen LogP contribution in [0.1, 0.15) is 26.3 Å². The van der Waals surface area contributed by atoms with Gasteiger partial charge in [0.1, 0.15) is 11.6 Å². The molecule has 0 heterocycles. The van der Waals surface area contributed by atoms with Gasteiger partial charge < -0.3 is 0 Å². The van der Waals surface area contributed by atoms with E-state index in [-0.39, 0.29) is 17.4 Å². The normalized spacial score (nSPS) is 9.25. The van der Waals surface area contributed by atoms with Gasteiger partial charge in [0.2, 0.25) is 0 Å². The molecule has 16 heavy (non-hydrogen) atoms. The molecule has 0 amide bonds. The minimum Gasteiger partial charge on any atom is -0.298 e. The van der Waals surface area contributed by atoms with Gasteiger partial charge in [-0.3, -0.25) is 19.7 Å². The van der Waals surface area contributed by atoms with Crippen LogP contribution in [0.4, 0.5) is 5.69 Å². The van der Waals surface area contributed by atoms with Crippen molar-refractivity contribution in [3.05, 3.63) is 38.9 Å². The maximum absolute atomic E-state index is 10.9. The van der Waals surface area contributed by atoms with E-state index in [1.165, 1.54) is 0 Å². The van der Waals surface area contributed by atoms with Crippen LogP contribution in [0.2, 0.25) is 0 Å². The number of aldehydes is 1. The molecule has 0 aliphatic rings. The number of halogens is 1. The van der Waals surface area contributed by atoms with Crippen LogP contribution < -0.4 is 0 Å². The van der Waals surface area contributed by atoms with Crippen molar-refractivity contribution in [2.75, 3.05) is 0 Å². The van der Waals surface area contributed by atoms with Gasteiger partial charge in [-0.1, -0.05) is 0 Å². The molecule has 0 saturated heterocycles. The van der Waals surface area contributed by atoms with Gasteiger partial charge in [0, 0.05) is 6.07 Å². The quantitative estimate of drug-likeness (QED) is 0.345. The summed E-state index contributed by atoms with van der Waals surface area (Å²) in [5.41, 5.74) is -1.59. The molecule has 6 nitrogen and oxygen atoms in total. The Kier molecular flexibility index (Phi) is 3.33. The van der Waals surface area contributed by atoms with Crippen LogP contribution in [0, 0.1) is 21.4 Å². The Morgan fingerprint density at radius 3 is 2.56 bits per heavy atom. The number of nitriles is 1. The molecule has 1 aromatic rings. The molecule has 80 valence electrons. The molecule has 0 saturated carbocycles. The Morgan fingerprint density at radius 1 is 1.56 bits per heavy atom. The van der Waals surface area contributed by atoms with Crippen molar-refractivity contribution in [2.24, 2.45) is 0 Å². The second kappa shape index (κ2) is 4.51. The van der Waals surface area contributed by atoms with E-state index in [2.05, 4.69) is 0 Å². The Morgan fingerprint density at radius 2 is 2.19 bits per heavy atom. The van der Waals surface area contributed by atoms with Crippen molar-refractivity contribution < 1.29 is 14.5 Å². The van der Waals surface area contributed by atoms with Crippen molar-refractivity contribution in [1.82, 2.24) is 0 Å². The van der Waals surface area contributed by atoms with Gasteiger partial charge >= 0.3 is 0 Å². The van der Waals surface area contributed by atoms with Gasteiger partial charge in [-0.05, 0) is 17.7 Å². The second-order valence-electron chi connectivity index (χ2n) is 2.68. The van der Waals surface area contributed by atoms with Crippen LogP contribution in [-0.4, -0.2) is 16.5 Å². The summed E-state index contributed by atoms with van der Waals surface area (Å²) in [4.78, 5) is 31.3. The number of nitro benzene ring substituents is 1. The zero-order valence-corrected chi connectivity index (χ0v) is 8.39. The predicted octanol–water partition coefficient (Wildman–Crippen LogP) is 1.66.